The smallest absolute Gasteiger partial charge is 0.145 e. The summed E-state index contributed by atoms with van der Waals surface area (Å²) in [5.41, 5.74) is 4.72. The molecule has 0 radical (unpaired) electrons. The summed E-state index contributed by atoms with van der Waals surface area (Å²) in [4.78, 5) is 5.04. The van der Waals surface area contributed by atoms with Crippen LogP contribution in [-0.2, 0) is 6.54 Å². The molecule has 0 fully saturated rings. The van der Waals surface area contributed by atoms with Crippen molar-refractivity contribution in [3.8, 4) is 45.4 Å². The van der Waals surface area contributed by atoms with Crippen molar-refractivity contribution in [1.29, 1.82) is 0 Å². The SMILES string of the molecule is COc1ccc(-c2nc(-c3ccccc3)c(-c3ccccc3)n2CCO)c(OC)c1. The van der Waals surface area contributed by atoms with Gasteiger partial charge in [0.1, 0.15) is 17.3 Å². The molecule has 0 saturated carbocycles. The highest BCUT2D eigenvalue weighted by atomic mass is 16.5. The molecule has 4 aromatic rings. The maximum Gasteiger partial charge on any atom is 0.145 e. The molecule has 0 amide bonds. The number of hydrogen-bond donors (Lipinski definition) is 1. The summed E-state index contributed by atoms with van der Waals surface area (Å²) in [6, 6.07) is 25.9. The van der Waals surface area contributed by atoms with Crippen LogP contribution in [0.25, 0.3) is 33.9 Å². The molecule has 0 spiro atoms. The molecule has 30 heavy (non-hydrogen) atoms. The molecule has 0 aliphatic heterocycles. The molecule has 5 nitrogen and oxygen atoms in total. The predicted octanol–water partition coefficient (Wildman–Crippen LogP) is 4.89. The van der Waals surface area contributed by atoms with E-state index in [2.05, 4.69) is 16.7 Å². The summed E-state index contributed by atoms with van der Waals surface area (Å²) in [6.45, 7) is 0.407. The Hall–Kier alpha value is -3.57. The second-order valence-electron chi connectivity index (χ2n) is 6.81. The number of aliphatic hydroxyl groups excluding tert-OH is 1. The van der Waals surface area contributed by atoms with E-state index in [0.29, 0.717) is 18.0 Å². The zero-order valence-electron chi connectivity index (χ0n) is 17.1. The van der Waals surface area contributed by atoms with Gasteiger partial charge in [0.2, 0.25) is 0 Å². The number of methoxy groups -OCH3 is 2. The Morgan fingerprint density at radius 1 is 0.833 bits per heavy atom. The van der Waals surface area contributed by atoms with Gasteiger partial charge in [0.05, 0.1) is 37.8 Å². The second kappa shape index (κ2) is 8.84. The van der Waals surface area contributed by atoms with Gasteiger partial charge < -0.3 is 19.1 Å². The largest absolute Gasteiger partial charge is 0.497 e. The topological polar surface area (TPSA) is 56.5 Å². The quantitative estimate of drug-likeness (QED) is 0.480. The van der Waals surface area contributed by atoms with Crippen molar-refractivity contribution in [2.45, 2.75) is 6.54 Å². The summed E-state index contributed by atoms with van der Waals surface area (Å²) in [7, 11) is 3.26. The molecule has 0 atom stereocenters. The molecular weight excluding hydrogens is 376 g/mol. The number of nitrogens with zero attached hydrogens (tertiary/aromatic N) is 2. The van der Waals surface area contributed by atoms with Crippen molar-refractivity contribution in [3.63, 3.8) is 0 Å². The van der Waals surface area contributed by atoms with Crippen LogP contribution in [0.2, 0.25) is 0 Å². The first kappa shape index (κ1) is 19.7. The monoisotopic (exact) mass is 400 g/mol. The van der Waals surface area contributed by atoms with Crippen molar-refractivity contribution >= 4 is 0 Å². The highest BCUT2D eigenvalue weighted by Crippen LogP contribution is 2.39. The third kappa shape index (κ3) is 3.67. The Morgan fingerprint density at radius 2 is 1.50 bits per heavy atom. The van der Waals surface area contributed by atoms with Crippen molar-refractivity contribution in [2.24, 2.45) is 0 Å². The maximum atomic E-state index is 9.85. The molecule has 1 N–H and O–H groups in total. The fourth-order valence-corrected chi connectivity index (χ4v) is 3.65. The Labute approximate surface area is 176 Å². The lowest BCUT2D eigenvalue weighted by atomic mass is 10.0. The molecule has 3 aromatic carbocycles. The third-order valence-electron chi connectivity index (χ3n) is 5.04. The highest BCUT2D eigenvalue weighted by Gasteiger charge is 2.23. The molecule has 152 valence electrons. The summed E-state index contributed by atoms with van der Waals surface area (Å²) < 4.78 is 13.0. The van der Waals surface area contributed by atoms with Crippen molar-refractivity contribution in [2.75, 3.05) is 20.8 Å². The first-order chi connectivity index (χ1) is 14.8. The molecule has 0 aliphatic rings. The zero-order valence-corrected chi connectivity index (χ0v) is 17.1. The van der Waals surface area contributed by atoms with Crippen LogP contribution in [-0.4, -0.2) is 35.5 Å². The molecule has 0 unspecified atom stereocenters. The normalized spacial score (nSPS) is 10.8. The predicted molar refractivity (Wildman–Crippen MR) is 119 cm³/mol. The number of benzene rings is 3. The van der Waals surface area contributed by atoms with Gasteiger partial charge in [0, 0.05) is 23.7 Å². The lowest BCUT2D eigenvalue weighted by Gasteiger charge is -2.14. The minimum absolute atomic E-state index is 0.00407. The average Bonchev–Trinajstić information content (AvgIpc) is 3.19. The van der Waals surface area contributed by atoms with Crippen LogP contribution in [0.3, 0.4) is 0 Å². The van der Waals surface area contributed by atoms with Crippen LogP contribution < -0.4 is 9.47 Å². The zero-order chi connectivity index (χ0) is 20.9. The van der Waals surface area contributed by atoms with Gasteiger partial charge in [-0.3, -0.25) is 0 Å². The second-order valence-corrected chi connectivity index (χ2v) is 6.81. The summed E-state index contributed by atoms with van der Waals surface area (Å²) in [5, 5.41) is 9.85. The van der Waals surface area contributed by atoms with E-state index in [9.17, 15) is 5.11 Å². The minimum Gasteiger partial charge on any atom is -0.497 e. The van der Waals surface area contributed by atoms with Gasteiger partial charge in [-0.2, -0.15) is 0 Å². The van der Waals surface area contributed by atoms with Gasteiger partial charge in [0.15, 0.2) is 0 Å². The molecular formula is C25H24N2O3. The van der Waals surface area contributed by atoms with Gasteiger partial charge in [-0.1, -0.05) is 60.7 Å². The molecule has 1 aromatic heterocycles. The van der Waals surface area contributed by atoms with E-state index in [1.807, 2.05) is 66.7 Å². The van der Waals surface area contributed by atoms with Crippen molar-refractivity contribution in [1.82, 2.24) is 9.55 Å². The Balaban J connectivity index is 2.02. The number of aromatic nitrogens is 2. The van der Waals surface area contributed by atoms with E-state index in [1.165, 1.54) is 0 Å². The van der Waals surface area contributed by atoms with E-state index < -0.39 is 0 Å². The minimum atomic E-state index is -0.00407. The molecule has 5 heteroatoms. The molecule has 0 saturated heterocycles. The van der Waals surface area contributed by atoms with Crippen molar-refractivity contribution in [3.05, 3.63) is 78.9 Å². The molecule has 0 aliphatic carbocycles. The molecule has 1 heterocycles. The summed E-state index contributed by atoms with van der Waals surface area (Å²) >= 11 is 0. The van der Waals surface area contributed by atoms with E-state index in [1.54, 1.807) is 14.2 Å². The lowest BCUT2D eigenvalue weighted by Crippen LogP contribution is -2.07. The van der Waals surface area contributed by atoms with Crippen LogP contribution >= 0.6 is 0 Å². The van der Waals surface area contributed by atoms with E-state index >= 15 is 0 Å². The Kier molecular flexibility index (Phi) is 5.82. The Morgan fingerprint density at radius 3 is 2.10 bits per heavy atom. The van der Waals surface area contributed by atoms with Crippen LogP contribution in [0.15, 0.2) is 78.9 Å². The van der Waals surface area contributed by atoms with Gasteiger partial charge in [-0.25, -0.2) is 4.98 Å². The standard InChI is InChI=1S/C25H24N2O3/c1-29-20-13-14-21(22(17-20)30-2)25-26-23(18-9-5-3-6-10-18)24(27(25)15-16-28)19-11-7-4-8-12-19/h3-14,17,28H,15-16H2,1-2H3. The van der Waals surface area contributed by atoms with Gasteiger partial charge in [-0.05, 0) is 12.1 Å². The van der Waals surface area contributed by atoms with Gasteiger partial charge in [-0.15, -0.1) is 0 Å². The summed E-state index contributed by atoms with van der Waals surface area (Å²) in [6.07, 6.45) is 0. The van der Waals surface area contributed by atoms with Crippen LogP contribution in [0.5, 0.6) is 11.5 Å². The average molecular weight is 400 g/mol. The number of ether oxygens (including phenoxy) is 2. The lowest BCUT2D eigenvalue weighted by molar-refractivity contribution is 0.277. The number of rotatable bonds is 7. The van der Waals surface area contributed by atoms with Crippen LogP contribution in [0.4, 0.5) is 0 Å². The first-order valence-corrected chi connectivity index (χ1v) is 9.81. The maximum absolute atomic E-state index is 9.85. The number of hydrogen-bond acceptors (Lipinski definition) is 4. The Bertz CT molecular complexity index is 1120. The fourth-order valence-electron chi connectivity index (χ4n) is 3.65. The van der Waals surface area contributed by atoms with E-state index in [4.69, 9.17) is 14.5 Å². The van der Waals surface area contributed by atoms with Crippen LogP contribution in [0.1, 0.15) is 0 Å². The summed E-state index contributed by atoms with van der Waals surface area (Å²) in [5.74, 6) is 2.11. The van der Waals surface area contributed by atoms with Crippen LogP contribution in [0, 0.1) is 0 Å². The molecule has 0 bridgehead atoms. The van der Waals surface area contributed by atoms with Crippen molar-refractivity contribution < 1.29 is 14.6 Å². The fraction of sp³-hybridized carbons (Fsp3) is 0.160. The van der Waals surface area contributed by atoms with E-state index in [-0.39, 0.29) is 6.61 Å². The van der Waals surface area contributed by atoms with Gasteiger partial charge in [0.25, 0.3) is 0 Å². The number of aliphatic hydroxyl groups is 1. The van der Waals surface area contributed by atoms with E-state index in [0.717, 1.165) is 33.9 Å². The number of imidazole rings is 1. The highest BCUT2D eigenvalue weighted by molar-refractivity contribution is 5.83. The first-order valence-electron chi connectivity index (χ1n) is 9.81. The third-order valence-corrected chi connectivity index (χ3v) is 5.04. The molecule has 4 rings (SSSR count). The van der Waals surface area contributed by atoms with Gasteiger partial charge >= 0.3 is 0 Å².